The van der Waals surface area contributed by atoms with E-state index in [9.17, 15) is 4.79 Å². The second-order valence-corrected chi connectivity index (χ2v) is 5.21. The fourth-order valence-corrected chi connectivity index (χ4v) is 2.10. The first-order valence-corrected chi connectivity index (χ1v) is 6.93. The van der Waals surface area contributed by atoms with Crippen molar-refractivity contribution in [3.63, 3.8) is 0 Å². The number of carbonyl (C=O) groups excluding carboxylic acids is 1. The van der Waals surface area contributed by atoms with Gasteiger partial charge in [-0.25, -0.2) is 0 Å². The Morgan fingerprint density at radius 1 is 1.47 bits per heavy atom. The zero-order valence-corrected chi connectivity index (χ0v) is 11.7. The van der Waals surface area contributed by atoms with E-state index in [1.165, 1.54) is 0 Å². The molecule has 6 nitrogen and oxygen atoms in total. The summed E-state index contributed by atoms with van der Waals surface area (Å²) in [6, 6.07) is 1.82. The third-order valence-electron chi connectivity index (χ3n) is 3.38. The molecule has 0 spiro atoms. The van der Waals surface area contributed by atoms with Crippen LogP contribution in [0.5, 0.6) is 0 Å². The van der Waals surface area contributed by atoms with E-state index in [1.54, 1.807) is 0 Å². The normalized spacial score (nSPS) is 16.8. The van der Waals surface area contributed by atoms with Crippen LogP contribution in [0, 0.1) is 0 Å². The zero-order valence-electron chi connectivity index (χ0n) is 11.7. The van der Waals surface area contributed by atoms with Gasteiger partial charge in [0.05, 0.1) is 0 Å². The Bertz CT molecular complexity index is 409. The molecular formula is C13H23N5O. The first-order valence-electron chi connectivity index (χ1n) is 6.93. The van der Waals surface area contributed by atoms with Crippen LogP contribution in [0.25, 0.3) is 0 Å². The molecule has 0 radical (unpaired) electrons. The fourth-order valence-electron chi connectivity index (χ4n) is 2.10. The molecule has 1 aromatic heterocycles. The van der Waals surface area contributed by atoms with Gasteiger partial charge in [-0.1, -0.05) is 13.8 Å². The third kappa shape index (κ3) is 4.04. The van der Waals surface area contributed by atoms with E-state index in [2.05, 4.69) is 39.6 Å². The van der Waals surface area contributed by atoms with Crippen molar-refractivity contribution in [2.24, 2.45) is 0 Å². The summed E-state index contributed by atoms with van der Waals surface area (Å²) in [5, 5.41) is 13.2. The third-order valence-corrected chi connectivity index (χ3v) is 3.38. The Hall–Kier alpha value is -1.40. The molecule has 1 aliphatic heterocycles. The molecular weight excluding hydrogens is 242 g/mol. The summed E-state index contributed by atoms with van der Waals surface area (Å²) >= 11 is 0. The number of carbonyl (C=O) groups is 1. The predicted molar refractivity (Wildman–Crippen MR) is 74.3 cm³/mol. The Morgan fingerprint density at radius 3 is 2.84 bits per heavy atom. The highest BCUT2D eigenvalue weighted by atomic mass is 16.1. The lowest BCUT2D eigenvalue weighted by Gasteiger charge is -2.26. The van der Waals surface area contributed by atoms with Crippen LogP contribution in [0.15, 0.2) is 6.07 Å². The highest BCUT2D eigenvalue weighted by molar-refractivity contribution is 5.92. The lowest BCUT2D eigenvalue weighted by molar-refractivity contribution is 0.0942. The number of nitrogens with zero attached hydrogens (tertiary/aromatic N) is 2. The minimum Gasteiger partial charge on any atom is -0.349 e. The van der Waals surface area contributed by atoms with Crippen LogP contribution in [0.4, 0.5) is 0 Å². The van der Waals surface area contributed by atoms with Gasteiger partial charge in [0.15, 0.2) is 0 Å². The number of aromatic nitrogens is 2. The largest absolute Gasteiger partial charge is 0.349 e. The highest BCUT2D eigenvalue weighted by Gasteiger charge is 2.13. The summed E-state index contributed by atoms with van der Waals surface area (Å²) in [6.07, 6.45) is 0. The van der Waals surface area contributed by atoms with Crippen molar-refractivity contribution < 1.29 is 4.79 Å². The summed E-state index contributed by atoms with van der Waals surface area (Å²) in [5.41, 5.74) is 1.47. The van der Waals surface area contributed by atoms with Crippen LogP contribution in [-0.4, -0.2) is 60.3 Å². The van der Waals surface area contributed by atoms with Crippen molar-refractivity contribution in [2.45, 2.75) is 19.8 Å². The quantitative estimate of drug-likeness (QED) is 0.709. The maximum atomic E-state index is 11.9. The number of nitrogens with one attached hydrogen (secondary N) is 3. The Labute approximate surface area is 113 Å². The number of hydrogen-bond acceptors (Lipinski definition) is 4. The molecule has 1 saturated heterocycles. The first kappa shape index (κ1) is 14.0. The van der Waals surface area contributed by atoms with Gasteiger partial charge >= 0.3 is 0 Å². The van der Waals surface area contributed by atoms with Crippen molar-refractivity contribution in [3.05, 3.63) is 17.5 Å². The molecule has 2 heterocycles. The summed E-state index contributed by atoms with van der Waals surface area (Å²) in [5.74, 6) is 0.258. The molecule has 19 heavy (non-hydrogen) atoms. The molecule has 1 aliphatic rings. The maximum Gasteiger partial charge on any atom is 0.271 e. The molecule has 6 heteroatoms. The second-order valence-electron chi connectivity index (χ2n) is 5.21. The predicted octanol–water partition coefficient (Wildman–Crippen LogP) is 0.168. The number of H-pyrrole nitrogens is 1. The van der Waals surface area contributed by atoms with Crippen LogP contribution in [0.3, 0.4) is 0 Å². The SMILES string of the molecule is CC(C)c1cc(C(=O)NCCN2CCNCC2)n[nH]1. The Balaban J connectivity index is 1.74. The van der Waals surface area contributed by atoms with E-state index in [0.717, 1.165) is 38.4 Å². The molecule has 0 unspecified atom stereocenters. The van der Waals surface area contributed by atoms with Gasteiger partial charge in [0.2, 0.25) is 0 Å². The van der Waals surface area contributed by atoms with Crippen molar-refractivity contribution in [3.8, 4) is 0 Å². The fraction of sp³-hybridized carbons (Fsp3) is 0.692. The molecule has 1 aromatic rings. The van der Waals surface area contributed by atoms with Crippen molar-refractivity contribution in [1.29, 1.82) is 0 Å². The molecule has 106 valence electrons. The number of piperazine rings is 1. The molecule has 0 bridgehead atoms. The molecule has 1 fully saturated rings. The van der Waals surface area contributed by atoms with Gasteiger partial charge < -0.3 is 10.6 Å². The average molecular weight is 265 g/mol. The van der Waals surface area contributed by atoms with Gasteiger partial charge in [-0.05, 0) is 12.0 Å². The number of aromatic amines is 1. The lowest BCUT2D eigenvalue weighted by atomic mass is 10.1. The van der Waals surface area contributed by atoms with E-state index in [4.69, 9.17) is 0 Å². The van der Waals surface area contributed by atoms with Crippen LogP contribution < -0.4 is 10.6 Å². The van der Waals surface area contributed by atoms with E-state index in [0.29, 0.717) is 18.2 Å². The number of rotatable bonds is 5. The summed E-state index contributed by atoms with van der Waals surface area (Å²) in [4.78, 5) is 14.2. The molecule has 0 atom stereocenters. The molecule has 3 N–H and O–H groups in total. The molecule has 0 saturated carbocycles. The number of hydrogen-bond donors (Lipinski definition) is 3. The molecule has 1 amide bonds. The smallest absolute Gasteiger partial charge is 0.271 e. The average Bonchev–Trinajstić information content (AvgIpc) is 2.89. The minimum atomic E-state index is -0.0988. The van der Waals surface area contributed by atoms with E-state index >= 15 is 0 Å². The highest BCUT2D eigenvalue weighted by Crippen LogP contribution is 2.11. The lowest BCUT2D eigenvalue weighted by Crippen LogP contribution is -2.46. The van der Waals surface area contributed by atoms with E-state index in [-0.39, 0.29) is 5.91 Å². The van der Waals surface area contributed by atoms with Gasteiger partial charge in [0.1, 0.15) is 5.69 Å². The zero-order chi connectivity index (χ0) is 13.7. The van der Waals surface area contributed by atoms with E-state index < -0.39 is 0 Å². The number of amides is 1. The van der Waals surface area contributed by atoms with Crippen molar-refractivity contribution in [1.82, 2.24) is 25.7 Å². The van der Waals surface area contributed by atoms with E-state index in [1.807, 2.05) is 6.07 Å². The molecule has 0 aliphatic carbocycles. The summed E-state index contributed by atoms with van der Waals surface area (Å²) in [7, 11) is 0. The van der Waals surface area contributed by atoms with Crippen molar-refractivity contribution >= 4 is 5.91 Å². The molecule has 0 aromatic carbocycles. The monoisotopic (exact) mass is 265 g/mol. The summed E-state index contributed by atoms with van der Waals surface area (Å²) < 4.78 is 0. The summed E-state index contributed by atoms with van der Waals surface area (Å²) in [6.45, 7) is 9.87. The molecule has 2 rings (SSSR count). The second kappa shape index (κ2) is 6.68. The first-order chi connectivity index (χ1) is 9.16. The van der Waals surface area contributed by atoms with Crippen molar-refractivity contribution in [2.75, 3.05) is 39.3 Å². The van der Waals surface area contributed by atoms with Gasteiger partial charge in [-0.15, -0.1) is 0 Å². The Morgan fingerprint density at radius 2 is 2.21 bits per heavy atom. The van der Waals surface area contributed by atoms with Crippen LogP contribution in [0.1, 0.15) is 35.9 Å². The van der Waals surface area contributed by atoms with Gasteiger partial charge in [0.25, 0.3) is 5.91 Å². The van der Waals surface area contributed by atoms with Crippen LogP contribution in [-0.2, 0) is 0 Å². The van der Waals surface area contributed by atoms with Gasteiger partial charge in [0, 0.05) is 45.0 Å². The van der Waals surface area contributed by atoms with Gasteiger partial charge in [-0.3, -0.25) is 14.8 Å². The maximum absolute atomic E-state index is 11.9. The van der Waals surface area contributed by atoms with Crippen LogP contribution >= 0.6 is 0 Å². The minimum absolute atomic E-state index is 0.0988. The standard InChI is InChI=1S/C13H23N5O/c1-10(2)11-9-12(17-16-11)13(19)15-5-8-18-6-3-14-4-7-18/h9-10,14H,3-8H2,1-2H3,(H,15,19)(H,16,17). The van der Waals surface area contributed by atoms with Gasteiger partial charge in [-0.2, -0.15) is 5.10 Å². The Kier molecular flexibility index (Phi) is 4.93. The van der Waals surface area contributed by atoms with Crippen LogP contribution in [0.2, 0.25) is 0 Å². The topological polar surface area (TPSA) is 73.1 Å².